The van der Waals surface area contributed by atoms with Gasteiger partial charge in [0.1, 0.15) is 6.10 Å². The topological polar surface area (TPSA) is 77.8 Å². The molecule has 4 nitrogen and oxygen atoms in total. The van der Waals surface area contributed by atoms with Crippen LogP contribution in [0.5, 0.6) is 0 Å². The van der Waals surface area contributed by atoms with Gasteiger partial charge in [0.05, 0.1) is 6.10 Å². The van der Waals surface area contributed by atoms with Crippen molar-refractivity contribution in [2.45, 2.75) is 32.0 Å². The Morgan fingerprint density at radius 3 is 2.36 bits per heavy atom. The van der Waals surface area contributed by atoms with Crippen molar-refractivity contribution in [1.82, 2.24) is 0 Å². The van der Waals surface area contributed by atoms with E-state index in [9.17, 15) is 4.79 Å². The summed E-state index contributed by atoms with van der Waals surface area (Å²) in [6.45, 7) is 1.13. The molecule has 11 heavy (non-hydrogen) atoms. The maximum atomic E-state index is 10.5. The zero-order valence-corrected chi connectivity index (χ0v) is 6.53. The van der Waals surface area contributed by atoms with Crippen LogP contribution < -0.4 is 0 Å². The van der Waals surface area contributed by atoms with Gasteiger partial charge in [-0.3, -0.25) is 4.79 Å². The number of ketones is 1. The van der Waals surface area contributed by atoms with Crippen molar-refractivity contribution >= 4 is 5.78 Å². The van der Waals surface area contributed by atoms with E-state index in [2.05, 4.69) is 0 Å². The highest BCUT2D eigenvalue weighted by molar-refractivity contribution is 5.80. The fraction of sp³-hybridized carbons (Fsp3) is 0.857. The maximum Gasteiger partial charge on any atom is 0.158 e. The monoisotopic (exact) mass is 162 g/mol. The molecule has 0 heterocycles. The largest absolute Gasteiger partial charge is 0.396 e. The van der Waals surface area contributed by atoms with Gasteiger partial charge in [0, 0.05) is 13.0 Å². The summed E-state index contributed by atoms with van der Waals surface area (Å²) in [5, 5.41) is 26.3. The van der Waals surface area contributed by atoms with E-state index in [1.165, 1.54) is 6.92 Å². The Labute approximate surface area is 65.5 Å². The molecule has 0 radical (unpaired) electrons. The van der Waals surface area contributed by atoms with Crippen LogP contribution in [0, 0.1) is 0 Å². The second-order valence-electron chi connectivity index (χ2n) is 2.53. The van der Waals surface area contributed by atoms with Crippen molar-refractivity contribution in [3.8, 4) is 0 Å². The fourth-order valence-electron chi connectivity index (χ4n) is 0.691. The summed E-state index contributed by atoms with van der Waals surface area (Å²) in [7, 11) is 0. The number of carbonyl (C=O) groups excluding carboxylic acids is 1. The van der Waals surface area contributed by atoms with Gasteiger partial charge in [-0.2, -0.15) is 0 Å². The number of Topliss-reactive ketones (excluding diaryl/α,β-unsaturated/α-hetero) is 1. The average molecular weight is 162 g/mol. The second kappa shape index (κ2) is 5.23. The normalized spacial score (nSPS) is 16.0. The van der Waals surface area contributed by atoms with Crippen LogP contribution in [0.2, 0.25) is 0 Å². The smallest absolute Gasteiger partial charge is 0.158 e. The Morgan fingerprint density at radius 1 is 1.45 bits per heavy atom. The third-order valence-corrected chi connectivity index (χ3v) is 1.43. The fourth-order valence-corrected chi connectivity index (χ4v) is 0.691. The number of carbonyl (C=O) groups is 1. The maximum absolute atomic E-state index is 10.5. The minimum Gasteiger partial charge on any atom is -0.396 e. The number of aliphatic hydroxyl groups excluding tert-OH is 3. The first-order chi connectivity index (χ1) is 5.07. The molecule has 0 aromatic carbocycles. The molecule has 0 amide bonds. The van der Waals surface area contributed by atoms with Crippen LogP contribution in [-0.2, 0) is 4.79 Å². The highest BCUT2D eigenvalue weighted by Crippen LogP contribution is 2.02. The first kappa shape index (κ1) is 10.6. The van der Waals surface area contributed by atoms with Crippen molar-refractivity contribution in [2.24, 2.45) is 0 Å². The van der Waals surface area contributed by atoms with Gasteiger partial charge in [0.2, 0.25) is 0 Å². The molecule has 0 saturated heterocycles. The van der Waals surface area contributed by atoms with Crippen LogP contribution in [0.4, 0.5) is 0 Å². The Kier molecular flexibility index (Phi) is 5.02. The molecular weight excluding hydrogens is 148 g/mol. The summed E-state index contributed by atoms with van der Waals surface area (Å²) in [6.07, 6.45) is -1.68. The summed E-state index contributed by atoms with van der Waals surface area (Å²) in [5.74, 6) is -0.359. The van der Waals surface area contributed by atoms with Crippen molar-refractivity contribution in [3.63, 3.8) is 0 Å². The molecule has 66 valence electrons. The van der Waals surface area contributed by atoms with E-state index in [-0.39, 0.29) is 25.2 Å². The van der Waals surface area contributed by atoms with E-state index in [1.54, 1.807) is 0 Å². The molecule has 4 heteroatoms. The Morgan fingerprint density at radius 2 is 2.00 bits per heavy atom. The van der Waals surface area contributed by atoms with Gasteiger partial charge in [-0.05, 0) is 13.3 Å². The summed E-state index contributed by atoms with van der Waals surface area (Å²) in [5.41, 5.74) is 0. The minimum absolute atomic E-state index is 0.00981. The van der Waals surface area contributed by atoms with Crippen LogP contribution in [0.25, 0.3) is 0 Å². The number of aliphatic hydroxyl groups is 3. The van der Waals surface area contributed by atoms with Crippen molar-refractivity contribution in [1.29, 1.82) is 0 Å². The molecule has 0 aliphatic heterocycles. The van der Waals surface area contributed by atoms with Crippen LogP contribution in [0.1, 0.15) is 19.8 Å². The Balaban J connectivity index is 3.56. The van der Waals surface area contributed by atoms with Crippen LogP contribution >= 0.6 is 0 Å². The molecule has 0 fully saturated rings. The number of rotatable bonds is 5. The number of hydrogen-bond donors (Lipinski definition) is 3. The molecule has 0 aromatic heterocycles. The SMILES string of the molecule is CC(=O)C(O)CC(O)CCO. The van der Waals surface area contributed by atoms with Crippen molar-refractivity contribution in [2.75, 3.05) is 6.61 Å². The quantitative estimate of drug-likeness (QED) is 0.488. The van der Waals surface area contributed by atoms with Gasteiger partial charge >= 0.3 is 0 Å². The van der Waals surface area contributed by atoms with Crippen LogP contribution in [0.3, 0.4) is 0 Å². The first-order valence-corrected chi connectivity index (χ1v) is 3.55. The molecular formula is C7H14O4. The van der Waals surface area contributed by atoms with E-state index < -0.39 is 12.2 Å². The molecule has 0 bridgehead atoms. The molecule has 2 unspecified atom stereocenters. The lowest BCUT2D eigenvalue weighted by Gasteiger charge is -2.11. The van der Waals surface area contributed by atoms with Crippen LogP contribution in [-0.4, -0.2) is 39.9 Å². The van der Waals surface area contributed by atoms with Gasteiger partial charge in [-0.1, -0.05) is 0 Å². The summed E-state index contributed by atoms with van der Waals surface area (Å²) >= 11 is 0. The highest BCUT2D eigenvalue weighted by Gasteiger charge is 2.14. The summed E-state index contributed by atoms with van der Waals surface area (Å²) in [6, 6.07) is 0. The lowest BCUT2D eigenvalue weighted by atomic mass is 10.1. The van der Waals surface area contributed by atoms with E-state index in [0.29, 0.717) is 0 Å². The van der Waals surface area contributed by atoms with E-state index in [0.717, 1.165) is 0 Å². The molecule has 0 aliphatic rings. The zero-order valence-electron chi connectivity index (χ0n) is 6.53. The van der Waals surface area contributed by atoms with Crippen LogP contribution in [0.15, 0.2) is 0 Å². The molecule has 3 N–H and O–H groups in total. The van der Waals surface area contributed by atoms with Gasteiger partial charge in [-0.15, -0.1) is 0 Å². The third-order valence-electron chi connectivity index (χ3n) is 1.43. The number of hydrogen-bond acceptors (Lipinski definition) is 4. The van der Waals surface area contributed by atoms with Gasteiger partial charge < -0.3 is 15.3 Å². The predicted octanol–water partition coefficient (Wildman–Crippen LogP) is -0.930. The van der Waals surface area contributed by atoms with E-state index in [4.69, 9.17) is 15.3 Å². The molecule has 0 saturated carbocycles. The average Bonchev–Trinajstić information content (AvgIpc) is 1.87. The molecule has 2 atom stereocenters. The van der Waals surface area contributed by atoms with Gasteiger partial charge in [0.25, 0.3) is 0 Å². The molecule has 0 spiro atoms. The minimum atomic E-state index is -1.10. The van der Waals surface area contributed by atoms with E-state index >= 15 is 0 Å². The molecule has 0 aliphatic carbocycles. The predicted molar refractivity (Wildman–Crippen MR) is 39.0 cm³/mol. The summed E-state index contributed by atoms with van der Waals surface area (Å²) in [4.78, 5) is 10.5. The van der Waals surface area contributed by atoms with Gasteiger partial charge in [-0.25, -0.2) is 0 Å². The lowest BCUT2D eigenvalue weighted by molar-refractivity contribution is -0.126. The van der Waals surface area contributed by atoms with Crippen molar-refractivity contribution in [3.05, 3.63) is 0 Å². The van der Waals surface area contributed by atoms with Crippen molar-refractivity contribution < 1.29 is 20.1 Å². The second-order valence-corrected chi connectivity index (χ2v) is 2.53. The zero-order chi connectivity index (χ0) is 8.85. The molecule has 0 aromatic rings. The first-order valence-electron chi connectivity index (χ1n) is 3.55. The summed E-state index contributed by atoms with van der Waals surface area (Å²) < 4.78 is 0. The Bertz CT molecular complexity index is 124. The van der Waals surface area contributed by atoms with E-state index in [1.807, 2.05) is 0 Å². The lowest BCUT2D eigenvalue weighted by Crippen LogP contribution is -2.24. The van der Waals surface area contributed by atoms with Gasteiger partial charge in [0.15, 0.2) is 5.78 Å². The Hall–Kier alpha value is -0.450. The highest BCUT2D eigenvalue weighted by atomic mass is 16.3. The standard InChI is InChI=1S/C7H14O4/c1-5(9)7(11)4-6(10)2-3-8/h6-8,10-11H,2-4H2,1H3. The molecule has 0 rings (SSSR count). The third kappa shape index (κ3) is 4.89.